The van der Waals surface area contributed by atoms with Gasteiger partial charge in [0.05, 0.1) is 4.92 Å². The summed E-state index contributed by atoms with van der Waals surface area (Å²) >= 11 is 3.84. The monoisotopic (exact) mass is 302 g/mol. The van der Waals surface area contributed by atoms with E-state index in [2.05, 4.69) is 20.2 Å². The predicted octanol–water partition coefficient (Wildman–Crippen LogP) is 1.69. The third kappa shape index (κ3) is 2.68. The van der Waals surface area contributed by atoms with E-state index in [1.807, 2.05) is 6.26 Å². The molecular formula is C7H6N6O2S3. The molecule has 0 atom stereocenters. The minimum atomic E-state index is -0.603. The zero-order valence-electron chi connectivity index (χ0n) is 8.93. The fourth-order valence-corrected chi connectivity index (χ4v) is 3.45. The number of nitro groups is 1. The number of aromatic nitrogens is 4. The molecule has 0 fully saturated rings. The molecule has 0 saturated carbocycles. The standard InChI is InChI=1S/C7H6N6O2S3/c1-16-6-11-12-7(18-6)17-5-3(13(14)15)4(8)9-2-10-5/h2H,1H3,(H2,8,9,10). The summed E-state index contributed by atoms with van der Waals surface area (Å²) in [6.45, 7) is 0. The molecule has 0 spiro atoms. The first-order chi connectivity index (χ1) is 8.61. The normalized spacial score (nSPS) is 10.5. The number of nitrogens with zero attached hydrogens (tertiary/aromatic N) is 5. The van der Waals surface area contributed by atoms with Gasteiger partial charge in [-0.15, -0.1) is 10.2 Å². The summed E-state index contributed by atoms with van der Waals surface area (Å²) in [5.74, 6) is -0.160. The van der Waals surface area contributed by atoms with Gasteiger partial charge < -0.3 is 5.73 Å². The Balaban J connectivity index is 2.34. The highest BCUT2D eigenvalue weighted by molar-refractivity contribution is 8.03. The van der Waals surface area contributed by atoms with E-state index < -0.39 is 4.92 Å². The van der Waals surface area contributed by atoms with Crippen molar-refractivity contribution < 1.29 is 4.92 Å². The van der Waals surface area contributed by atoms with E-state index >= 15 is 0 Å². The molecule has 94 valence electrons. The molecular weight excluding hydrogens is 296 g/mol. The Hall–Kier alpha value is -1.46. The second kappa shape index (κ2) is 5.46. The summed E-state index contributed by atoms with van der Waals surface area (Å²) in [7, 11) is 0. The molecule has 0 unspecified atom stereocenters. The number of nitrogen functional groups attached to an aromatic ring is 1. The SMILES string of the molecule is CSc1nnc(Sc2ncnc(N)c2[N+](=O)[O-])s1. The lowest BCUT2D eigenvalue weighted by atomic mass is 10.5. The minimum absolute atomic E-state index is 0.160. The Morgan fingerprint density at radius 2 is 2.11 bits per heavy atom. The van der Waals surface area contributed by atoms with E-state index in [0.29, 0.717) is 4.34 Å². The molecule has 0 aliphatic rings. The molecule has 2 N–H and O–H groups in total. The molecule has 0 amide bonds. The van der Waals surface area contributed by atoms with Crippen molar-refractivity contribution >= 4 is 46.4 Å². The Kier molecular flexibility index (Phi) is 3.93. The van der Waals surface area contributed by atoms with Gasteiger partial charge in [-0.2, -0.15) is 0 Å². The molecule has 2 aromatic heterocycles. The van der Waals surface area contributed by atoms with Crippen LogP contribution < -0.4 is 5.73 Å². The third-order valence-corrected chi connectivity index (χ3v) is 4.69. The van der Waals surface area contributed by atoms with Crippen LogP contribution in [0.25, 0.3) is 0 Å². The summed E-state index contributed by atoms with van der Waals surface area (Å²) in [5.41, 5.74) is 5.16. The van der Waals surface area contributed by atoms with Crippen LogP contribution in [-0.2, 0) is 0 Å². The molecule has 0 aromatic carbocycles. The average Bonchev–Trinajstić information content (AvgIpc) is 2.76. The predicted molar refractivity (Wildman–Crippen MR) is 68.9 cm³/mol. The van der Waals surface area contributed by atoms with Crippen molar-refractivity contribution in [1.29, 1.82) is 0 Å². The topological polar surface area (TPSA) is 121 Å². The first-order valence-electron chi connectivity index (χ1n) is 4.42. The number of nitrogens with two attached hydrogens (primary N) is 1. The maximum atomic E-state index is 10.9. The minimum Gasteiger partial charge on any atom is -0.378 e. The van der Waals surface area contributed by atoms with Crippen molar-refractivity contribution in [2.75, 3.05) is 12.0 Å². The van der Waals surface area contributed by atoms with Crippen LogP contribution >= 0.6 is 34.9 Å². The van der Waals surface area contributed by atoms with Gasteiger partial charge in [0.1, 0.15) is 6.33 Å². The van der Waals surface area contributed by atoms with E-state index in [1.165, 1.54) is 29.4 Å². The van der Waals surface area contributed by atoms with Crippen molar-refractivity contribution in [3.8, 4) is 0 Å². The zero-order chi connectivity index (χ0) is 13.1. The number of hydrogen-bond acceptors (Lipinski definition) is 10. The summed E-state index contributed by atoms with van der Waals surface area (Å²) < 4.78 is 1.35. The first-order valence-corrected chi connectivity index (χ1v) is 7.27. The van der Waals surface area contributed by atoms with Crippen LogP contribution in [0.3, 0.4) is 0 Å². The van der Waals surface area contributed by atoms with Crippen molar-refractivity contribution in [3.05, 3.63) is 16.4 Å². The molecule has 2 heterocycles. The van der Waals surface area contributed by atoms with Gasteiger partial charge in [-0.1, -0.05) is 23.1 Å². The zero-order valence-corrected chi connectivity index (χ0v) is 11.4. The highest BCUT2D eigenvalue weighted by atomic mass is 32.2. The molecule has 0 saturated heterocycles. The number of rotatable bonds is 4. The Bertz CT molecular complexity index is 588. The fourth-order valence-electron chi connectivity index (χ4n) is 1.03. The van der Waals surface area contributed by atoms with Crippen molar-refractivity contribution in [1.82, 2.24) is 20.2 Å². The average molecular weight is 302 g/mol. The van der Waals surface area contributed by atoms with Gasteiger partial charge in [0.25, 0.3) is 0 Å². The van der Waals surface area contributed by atoms with E-state index in [1.54, 1.807) is 0 Å². The molecule has 8 nitrogen and oxygen atoms in total. The molecule has 0 radical (unpaired) electrons. The molecule has 0 aliphatic carbocycles. The lowest BCUT2D eigenvalue weighted by molar-refractivity contribution is -0.387. The van der Waals surface area contributed by atoms with E-state index in [9.17, 15) is 10.1 Å². The van der Waals surface area contributed by atoms with Crippen LogP contribution in [0.4, 0.5) is 11.5 Å². The van der Waals surface area contributed by atoms with Gasteiger partial charge in [0.15, 0.2) is 13.7 Å². The van der Waals surface area contributed by atoms with Gasteiger partial charge in [0.2, 0.25) is 5.82 Å². The van der Waals surface area contributed by atoms with Crippen LogP contribution in [0.2, 0.25) is 0 Å². The Morgan fingerprint density at radius 3 is 2.72 bits per heavy atom. The van der Waals surface area contributed by atoms with Crippen LogP contribution in [-0.4, -0.2) is 31.3 Å². The van der Waals surface area contributed by atoms with E-state index in [-0.39, 0.29) is 16.5 Å². The Morgan fingerprint density at radius 1 is 1.39 bits per heavy atom. The summed E-state index contributed by atoms with van der Waals surface area (Å²) in [6, 6.07) is 0. The molecule has 11 heteroatoms. The van der Waals surface area contributed by atoms with Gasteiger partial charge in [0, 0.05) is 0 Å². The van der Waals surface area contributed by atoms with Crippen LogP contribution in [0.1, 0.15) is 0 Å². The fraction of sp³-hybridized carbons (Fsp3) is 0.143. The summed E-state index contributed by atoms with van der Waals surface area (Å²) in [6.07, 6.45) is 3.06. The lowest BCUT2D eigenvalue weighted by Gasteiger charge is -1.99. The van der Waals surface area contributed by atoms with Crippen LogP contribution in [0, 0.1) is 10.1 Å². The molecule has 2 aromatic rings. The van der Waals surface area contributed by atoms with Gasteiger partial charge >= 0.3 is 5.69 Å². The second-order valence-electron chi connectivity index (χ2n) is 2.81. The van der Waals surface area contributed by atoms with Crippen LogP contribution in [0.5, 0.6) is 0 Å². The highest BCUT2D eigenvalue weighted by Crippen LogP contribution is 2.37. The smallest absolute Gasteiger partial charge is 0.343 e. The highest BCUT2D eigenvalue weighted by Gasteiger charge is 2.22. The maximum absolute atomic E-state index is 10.9. The largest absolute Gasteiger partial charge is 0.378 e. The van der Waals surface area contributed by atoms with Crippen molar-refractivity contribution in [2.45, 2.75) is 13.7 Å². The van der Waals surface area contributed by atoms with E-state index in [0.717, 1.165) is 16.1 Å². The number of hydrogen-bond donors (Lipinski definition) is 1. The molecule has 0 bridgehead atoms. The van der Waals surface area contributed by atoms with E-state index in [4.69, 9.17) is 5.73 Å². The summed E-state index contributed by atoms with van der Waals surface area (Å²) in [4.78, 5) is 17.7. The van der Waals surface area contributed by atoms with Gasteiger partial charge in [-0.3, -0.25) is 10.1 Å². The van der Waals surface area contributed by atoms with Gasteiger partial charge in [-0.25, -0.2) is 9.97 Å². The summed E-state index contributed by atoms with van der Waals surface area (Å²) in [5, 5.41) is 18.8. The number of thioether (sulfide) groups is 1. The van der Waals surface area contributed by atoms with Crippen molar-refractivity contribution in [3.63, 3.8) is 0 Å². The molecule has 18 heavy (non-hydrogen) atoms. The second-order valence-corrected chi connectivity index (χ2v) is 6.08. The maximum Gasteiger partial charge on any atom is 0.343 e. The third-order valence-electron chi connectivity index (χ3n) is 1.75. The quantitative estimate of drug-likeness (QED) is 0.389. The van der Waals surface area contributed by atoms with Crippen LogP contribution in [0.15, 0.2) is 20.0 Å². The lowest BCUT2D eigenvalue weighted by Crippen LogP contribution is -2.01. The molecule has 0 aliphatic heterocycles. The Labute approximate surface area is 114 Å². The van der Waals surface area contributed by atoms with Gasteiger partial charge in [-0.05, 0) is 18.0 Å². The molecule has 2 rings (SSSR count). The van der Waals surface area contributed by atoms with Crippen molar-refractivity contribution in [2.24, 2.45) is 0 Å². The number of anilines is 1. The first kappa shape index (κ1) is 13.0.